The number of hydrogen-bond donors (Lipinski definition) is 2. The predicted octanol–water partition coefficient (Wildman–Crippen LogP) is 3.33. The molecule has 7 unspecified atom stereocenters. The Hall–Kier alpha value is -0.0800. The van der Waals surface area contributed by atoms with Crippen LogP contribution in [0.25, 0.3) is 0 Å². The summed E-state index contributed by atoms with van der Waals surface area (Å²) in [6.07, 6.45) is 10.1. The third-order valence-corrected chi connectivity index (χ3v) is 6.59. The van der Waals surface area contributed by atoms with Gasteiger partial charge in [0.2, 0.25) is 0 Å². The van der Waals surface area contributed by atoms with Crippen molar-refractivity contribution in [3.8, 4) is 0 Å². The molecule has 0 radical (unpaired) electrons. The fraction of sp³-hybridized carbons (Fsp3) is 1.00. The van der Waals surface area contributed by atoms with Crippen molar-refractivity contribution >= 4 is 0 Å². The Bertz CT molecular complexity index is 291. The van der Waals surface area contributed by atoms with Crippen molar-refractivity contribution in [1.82, 2.24) is 5.43 Å². The van der Waals surface area contributed by atoms with Gasteiger partial charge in [-0.2, -0.15) is 0 Å². The Morgan fingerprint density at radius 2 is 1.78 bits per heavy atom. The highest BCUT2D eigenvalue weighted by molar-refractivity contribution is 4.97. The van der Waals surface area contributed by atoms with E-state index in [0.29, 0.717) is 6.04 Å². The zero-order chi connectivity index (χ0) is 12.7. The first kappa shape index (κ1) is 12.9. The van der Waals surface area contributed by atoms with Gasteiger partial charge in [0.25, 0.3) is 0 Å². The van der Waals surface area contributed by atoms with Crippen molar-refractivity contribution < 1.29 is 0 Å². The zero-order valence-corrected chi connectivity index (χ0v) is 12.1. The van der Waals surface area contributed by atoms with Crippen LogP contribution in [0.15, 0.2) is 0 Å². The molecule has 2 heteroatoms. The molecule has 3 saturated carbocycles. The number of nitrogens with one attached hydrogen (secondary N) is 1. The van der Waals surface area contributed by atoms with Crippen LogP contribution in [0.3, 0.4) is 0 Å². The highest BCUT2D eigenvalue weighted by Crippen LogP contribution is 2.51. The van der Waals surface area contributed by atoms with Crippen LogP contribution in [0.2, 0.25) is 0 Å². The minimum absolute atomic E-state index is 0.607. The molecule has 0 aromatic carbocycles. The van der Waals surface area contributed by atoms with E-state index in [4.69, 9.17) is 5.84 Å². The second-order valence-corrected chi connectivity index (χ2v) is 7.56. The van der Waals surface area contributed by atoms with Crippen molar-refractivity contribution in [2.24, 2.45) is 41.4 Å². The van der Waals surface area contributed by atoms with E-state index in [0.717, 1.165) is 35.5 Å². The summed E-state index contributed by atoms with van der Waals surface area (Å²) in [7, 11) is 0. The molecule has 0 spiro atoms. The molecule has 0 saturated heterocycles. The molecule has 7 atom stereocenters. The lowest BCUT2D eigenvalue weighted by Gasteiger charge is -2.41. The van der Waals surface area contributed by atoms with Gasteiger partial charge in [-0.05, 0) is 67.6 Å². The molecule has 0 aliphatic heterocycles. The number of rotatable bonds is 3. The standard InChI is InChI=1S/C16H30N2/c1-10-3-5-14(7-11(10)2)16(18-17)15-9-12-4-6-13(15)8-12/h10-16,18H,3-9,17H2,1-2H3. The average molecular weight is 250 g/mol. The summed E-state index contributed by atoms with van der Waals surface area (Å²) in [5.41, 5.74) is 3.23. The van der Waals surface area contributed by atoms with Crippen LogP contribution in [-0.2, 0) is 0 Å². The van der Waals surface area contributed by atoms with E-state index >= 15 is 0 Å². The number of nitrogens with two attached hydrogens (primary N) is 1. The van der Waals surface area contributed by atoms with Crippen molar-refractivity contribution in [2.75, 3.05) is 0 Å². The van der Waals surface area contributed by atoms with Gasteiger partial charge in [0.05, 0.1) is 0 Å². The zero-order valence-electron chi connectivity index (χ0n) is 12.1. The molecule has 3 N–H and O–H groups in total. The molecule has 18 heavy (non-hydrogen) atoms. The maximum atomic E-state index is 5.95. The van der Waals surface area contributed by atoms with E-state index in [1.807, 2.05) is 0 Å². The lowest BCUT2D eigenvalue weighted by molar-refractivity contribution is 0.117. The van der Waals surface area contributed by atoms with Crippen molar-refractivity contribution in [3.05, 3.63) is 0 Å². The van der Waals surface area contributed by atoms with Gasteiger partial charge in [-0.25, -0.2) is 0 Å². The lowest BCUT2D eigenvalue weighted by Crippen LogP contribution is -2.49. The van der Waals surface area contributed by atoms with Gasteiger partial charge in [-0.15, -0.1) is 0 Å². The topological polar surface area (TPSA) is 38.0 Å². The first-order valence-corrected chi connectivity index (χ1v) is 8.15. The van der Waals surface area contributed by atoms with E-state index < -0.39 is 0 Å². The Morgan fingerprint density at radius 1 is 0.944 bits per heavy atom. The monoisotopic (exact) mass is 250 g/mol. The molecule has 3 fully saturated rings. The van der Waals surface area contributed by atoms with Gasteiger partial charge in [0.1, 0.15) is 0 Å². The summed E-state index contributed by atoms with van der Waals surface area (Å²) in [6, 6.07) is 0.607. The van der Waals surface area contributed by atoms with Gasteiger partial charge in [0.15, 0.2) is 0 Å². The third-order valence-electron chi connectivity index (χ3n) is 6.59. The Kier molecular flexibility index (Phi) is 3.68. The van der Waals surface area contributed by atoms with Crippen LogP contribution < -0.4 is 11.3 Å². The molecule has 3 aliphatic rings. The highest BCUT2D eigenvalue weighted by atomic mass is 15.2. The third kappa shape index (κ3) is 2.22. The highest BCUT2D eigenvalue weighted by Gasteiger charge is 2.45. The fourth-order valence-corrected chi connectivity index (χ4v) is 5.26. The summed E-state index contributed by atoms with van der Waals surface area (Å²) in [5.74, 6) is 11.5. The molecule has 2 nitrogen and oxygen atoms in total. The van der Waals surface area contributed by atoms with Crippen molar-refractivity contribution in [2.45, 2.75) is 64.8 Å². The van der Waals surface area contributed by atoms with Gasteiger partial charge in [-0.1, -0.05) is 26.7 Å². The van der Waals surface area contributed by atoms with E-state index in [1.54, 1.807) is 0 Å². The SMILES string of the molecule is CC1CCC(C(NN)C2CC3CCC2C3)CC1C. The Morgan fingerprint density at radius 3 is 2.33 bits per heavy atom. The molecule has 104 valence electrons. The van der Waals surface area contributed by atoms with Crippen LogP contribution in [0.5, 0.6) is 0 Å². The van der Waals surface area contributed by atoms with E-state index in [-0.39, 0.29) is 0 Å². The largest absolute Gasteiger partial charge is 0.271 e. The van der Waals surface area contributed by atoms with Crippen LogP contribution in [0.1, 0.15) is 58.8 Å². The average Bonchev–Trinajstić information content (AvgIpc) is 2.97. The minimum atomic E-state index is 0.607. The summed E-state index contributed by atoms with van der Waals surface area (Å²) >= 11 is 0. The summed E-state index contributed by atoms with van der Waals surface area (Å²) in [6.45, 7) is 4.86. The molecule has 0 aromatic heterocycles. The molecular weight excluding hydrogens is 220 g/mol. The molecule has 3 rings (SSSR count). The Balaban J connectivity index is 1.65. The van der Waals surface area contributed by atoms with Crippen LogP contribution >= 0.6 is 0 Å². The van der Waals surface area contributed by atoms with Crippen molar-refractivity contribution in [1.29, 1.82) is 0 Å². The predicted molar refractivity (Wildman–Crippen MR) is 75.7 cm³/mol. The summed E-state index contributed by atoms with van der Waals surface area (Å²) in [5, 5.41) is 0. The Labute approximate surface area is 112 Å². The van der Waals surface area contributed by atoms with Gasteiger partial charge < -0.3 is 0 Å². The van der Waals surface area contributed by atoms with Crippen molar-refractivity contribution in [3.63, 3.8) is 0 Å². The minimum Gasteiger partial charge on any atom is -0.271 e. The molecule has 0 amide bonds. The molecule has 3 aliphatic carbocycles. The first-order chi connectivity index (χ1) is 8.69. The molecule has 0 heterocycles. The fourth-order valence-electron chi connectivity index (χ4n) is 5.26. The van der Waals surface area contributed by atoms with E-state index in [1.165, 1.54) is 44.9 Å². The number of fused-ring (bicyclic) bond motifs is 2. The lowest BCUT2D eigenvalue weighted by atomic mass is 9.68. The van der Waals surface area contributed by atoms with Gasteiger partial charge in [0, 0.05) is 6.04 Å². The smallest absolute Gasteiger partial charge is 0.0269 e. The maximum absolute atomic E-state index is 5.95. The van der Waals surface area contributed by atoms with Gasteiger partial charge in [-0.3, -0.25) is 11.3 Å². The number of hydrazine groups is 1. The van der Waals surface area contributed by atoms with E-state index in [2.05, 4.69) is 19.3 Å². The second-order valence-electron chi connectivity index (χ2n) is 7.56. The second kappa shape index (κ2) is 5.13. The normalized spacial score (nSPS) is 49.5. The van der Waals surface area contributed by atoms with Crippen LogP contribution in [0.4, 0.5) is 0 Å². The molecular formula is C16H30N2. The first-order valence-electron chi connectivity index (χ1n) is 8.15. The molecule has 0 aromatic rings. The molecule has 2 bridgehead atoms. The van der Waals surface area contributed by atoms with Gasteiger partial charge >= 0.3 is 0 Å². The van der Waals surface area contributed by atoms with Crippen LogP contribution in [-0.4, -0.2) is 6.04 Å². The summed E-state index contributed by atoms with van der Waals surface area (Å²) < 4.78 is 0. The quantitative estimate of drug-likeness (QED) is 0.595. The summed E-state index contributed by atoms with van der Waals surface area (Å²) in [4.78, 5) is 0. The number of hydrogen-bond acceptors (Lipinski definition) is 2. The van der Waals surface area contributed by atoms with E-state index in [9.17, 15) is 0 Å². The van der Waals surface area contributed by atoms with Crippen LogP contribution in [0, 0.1) is 35.5 Å². The maximum Gasteiger partial charge on any atom is 0.0269 e.